The molecule has 2 saturated carbocycles. The van der Waals surface area contributed by atoms with Crippen LogP contribution in [0.15, 0.2) is 0 Å². The lowest BCUT2D eigenvalue weighted by Gasteiger charge is -2.25. The van der Waals surface area contributed by atoms with Crippen LogP contribution < -0.4 is 0 Å². The van der Waals surface area contributed by atoms with Crippen molar-refractivity contribution >= 4 is 0 Å². The monoisotopic (exact) mass is 216 g/mol. The standard InChI is InChI=1S/C6H12O2.C6H12O/c7-6(8)4-2-1-3-5-6;7-6-4-2-1-3-5-6/h7-8H,1-5H2;6-7H,1-5H2. The van der Waals surface area contributed by atoms with Crippen LogP contribution in [0.2, 0.25) is 0 Å². The molecule has 0 unspecified atom stereocenters. The minimum absolute atomic E-state index is 0.0359. The highest BCUT2D eigenvalue weighted by Crippen LogP contribution is 2.24. The summed E-state index contributed by atoms with van der Waals surface area (Å²) in [4.78, 5) is 0. The van der Waals surface area contributed by atoms with E-state index in [-0.39, 0.29) is 6.10 Å². The third-order valence-corrected chi connectivity index (χ3v) is 3.23. The summed E-state index contributed by atoms with van der Waals surface area (Å²) in [6, 6.07) is 0. The van der Waals surface area contributed by atoms with Gasteiger partial charge < -0.3 is 15.3 Å². The summed E-state index contributed by atoms with van der Waals surface area (Å²) in [5.41, 5.74) is 0. The van der Waals surface area contributed by atoms with E-state index in [0.29, 0.717) is 12.8 Å². The topological polar surface area (TPSA) is 60.7 Å². The Kier molecular flexibility index (Phi) is 5.58. The molecule has 90 valence electrons. The zero-order valence-corrected chi connectivity index (χ0v) is 9.49. The maximum absolute atomic E-state index is 8.93. The molecule has 2 aliphatic carbocycles. The third-order valence-electron chi connectivity index (χ3n) is 3.23. The van der Waals surface area contributed by atoms with Crippen LogP contribution >= 0.6 is 0 Å². The molecule has 0 atom stereocenters. The van der Waals surface area contributed by atoms with Crippen LogP contribution in [0.3, 0.4) is 0 Å². The molecule has 3 N–H and O–H groups in total. The van der Waals surface area contributed by atoms with Gasteiger partial charge in [0, 0.05) is 12.8 Å². The highest BCUT2D eigenvalue weighted by molar-refractivity contribution is 4.69. The number of hydrogen-bond acceptors (Lipinski definition) is 3. The molecule has 2 aliphatic rings. The van der Waals surface area contributed by atoms with Crippen molar-refractivity contribution in [2.24, 2.45) is 0 Å². The van der Waals surface area contributed by atoms with Crippen LogP contribution in [0, 0.1) is 0 Å². The molecule has 2 rings (SSSR count). The van der Waals surface area contributed by atoms with Gasteiger partial charge in [-0.3, -0.25) is 0 Å². The lowest BCUT2D eigenvalue weighted by Crippen LogP contribution is -2.30. The van der Waals surface area contributed by atoms with Crippen LogP contribution in [-0.4, -0.2) is 27.2 Å². The molecule has 0 radical (unpaired) electrons. The molecule has 3 heteroatoms. The fraction of sp³-hybridized carbons (Fsp3) is 1.00. The Morgan fingerprint density at radius 2 is 1.20 bits per heavy atom. The van der Waals surface area contributed by atoms with E-state index < -0.39 is 5.79 Å². The fourth-order valence-electron chi connectivity index (χ4n) is 2.20. The molecule has 0 amide bonds. The first-order valence-corrected chi connectivity index (χ1v) is 6.23. The number of aliphatic hydroxyl groups is 3. The molecular formula is C12H24O3. The van der Waals surface area contributed by atoms with E-state index >= 15 is 0 Å². The van der Waals surface area contributed by atoms with E-state index in [4.69, 9.17) is 15.3 Å². The Hall–Kier alpha value is -0.120. The predicted molar refractivity (Wildman–Crippen MR) is 59.3 cm³/mol. The lowest BCUT2D eigenvalue weighted by atomic mass is 9.95. The molecule has 3 nitrogen and oxygen atoms in total. The van der Waals surface area contributed by atoms with Gasteiger partial charge in [0.2, 0.25) is 0 Å². The molecule has 0 saturated heterocycles. The zero-order valence-electron chi connectivity index (χ0n) is 9.49. The Morgan fingerprint density at radius 1 is 0.733 bits per heavy atom. The zero-order chi connectivity index (χ0) is 11.1. The first-order chi connectivity index (χ1) is 7.10. The SMILES string of the molecule is OC1(O)CCCCC1.OC1CCCCC1. The third kappa shape index (κ3) is 6.13. The Morgan fingerprint density at radius 3 is 1.47 bits per heavy atom. The Bertz CT molecular complexity index is 154. The van der Waals surface area contributed by atoms with Gasteiger partial charge in [0.25, 0.3) is 0 Å². The van der Waals surface area contributed by atoms with Crippen LogP contribution in [0.25, 0.3) is 0 Å². The summed E-state index contributed by atoms with van der Waals surface area (Å²) in [5, 5.41) is 26.8. The van der Waals surface area contributed by atoms with E-state index in [9.17, 15) is 0 Å². The molecule has 0 aromatic heterocycles. The lowest BCUT2D eigenvalue weighted by molar-refractivity contribution is -0.180. The minimum atomic E-state index is -1.32. The molecule has 0 heterocycles. The summed E-state index contributed by atoms with van der Waals surface area (Å²) in [5.74, 6) is -1.32. The van der Waals surface area contributed by atoms with Crippen molar-refractivity contribution in [1.82, 2.24) is 0 Å². The molecule has 2 fully saturated rings. The smallest absolute Gasteiger partial charge is 0.162 e. The van der Waals surface area contributed by atoms with Crippen molar-refractivity contribution in [3.8, 4) is 0 Å². The number of hydrogen-bond donors (Lipinski definition) is 3. The van der Waals surface area contributed by atoms with Crippen molar-refractivity contribution in [3.63, 3.8) is 0 Å². The number of rotatable bonds is 0. The van der Waals surface area contributed by atoms with Gasteiger partial charge >= 0.3 is 0 Å². The number of aliphatic hydroxyl groups excluding tert-OH is 1. The minimum Gasteiger partial charge on any atom is -0.393 e. The molecule has 0 aromatic rings. The summed E-state index contributed by atoms with van der Waals surface area (Å²) >= 11 is 0. The Labute approximate surface area is 92.1 Å². The maximum Gasteiger partial charge on any atom is 0.162 e. The van der Waals surface area contributed by atoms with Crippen LogP contribution in [-0.2, 0) is 0 Å². The summed E-state index contributed by atoms with van der Waals surface area (Å²) in [7, 11) is 0. The molecule has 0 spiro atoms. The molecular weight excluding hydrogens is 192 g/mol. The maximum atomic E-state index is 8.93. The van der Waals surface area contributed by atoms with Crippen LogP contribution in [0.5, 0.6) is 0 Å². The van der Waals surface area contributed by atoms with Gasteiger partial charge in [-0.15, -0.1) is 0 Å². The molecule has 0 aromatic carbocycles. The average molecular weight is 216 g/mol. The van der Waals surface area contributed by atoms with Crippen molar-refractivity contribution in [2.45, 2.75) is 76.1 Å². The van der Waals surface area contributed by atoms with Crippen molar-refractivity contribution in [3.05, 3.63) is 0 Å². The van der Waals surface area contributed by atoms with Gasteiger partial charge in [-0.1, -0.05) is 25.7 Å². The van der Waals surface area contributed by atoms with E-state index in [1.807, 2.05) is 0 Å². The van der Waals surface area contributed by atoms with E-state index in [0.717, 1.165) is 32.1 Å². The molecule has 15 heavy (non-hydrogen) atoms. The predicted octanol–water partition coefficient (Wildman–Crippen LogP) is 1.94. The first-order valence-electron chi connectivity index (χ1n) is 6.23. The van der Waals surface area contributed by atoms with Gasteiger partial charge in [-0.05, 0) is 25.7 Å². The average Bonchev–Trinajstić information content (AvgIpc) is 2.19. The van der Waals surface area contributed by atoms with E-state index in [1.54, 1.807) is 0 Å². The van der Waals surface area contributed by atoms with Gasteiger partial charge in [-0.2, -0.15) is 0 Å². The second-order valence-electron chi connectivity index (χ2n) is 4.83. The summed E-state index contributed by atoms with van der Waals surface area (Å²) in [6.45, 7) is 0. The van der Waals surface area contributed by atoms with Gasteiger partial charge in [-0.25, -0.2) is 0 Å². The van der Waals surface area contributed by atoms with Crippen molar-refractivity contribution < 1.29 is 15.3 Å². The van der Waals surface area contributed by atoms with E-state index in [1.165, 1.54) is 19.3 Å². The summed E-state index contributed by atoms with van der Waals surface area (Å²) in [6.07, 6.45) is 10.1. The molecule has 0 bridgehead atoms. The fourth-order valence-corrected chi connectivity index (χ4v) is 2.20. The van der Waals surface area contributed by atoms with Crippen LogP contribution in [0.1, 0.15) is 64.2 Å². The van der Waals surface area contributed by atoms with Crippen molar-refractivity contribution in [1.29, 1.82) is 0 Å². The first kappa shape index (κ1) is 12.9. The Balaban J connectivity index is 0.000000151. The van der Waals surface area contributed by atoms with Gasteiger partial charge in [0.15, 0.2) is 5.79 Å². The van der Waals surface area contributed by atoms with Crippen molar-refractivity contribution in [2.75, 3.05) is 0 Å². The highest BCUT2D eigenvalue weighted by atomic mass is 16.5. The largest absolute Gasteiger partial charge is 0.393 e. The highest BCUT2D eigenvalue weighted by Gasteiger charge is 2.24. The summed E-state index contributed by atoms with van der Waals surface area (Å²) < 4.78 is 0. The van der Waals surface area contributed by atoms with Gasteiger partial charge in [0.05, 0.1) is 6.10 Å². The quantitative estimate of drug-likeness (QED) is 0.542. The van der Waals surface area contributed by atoms with Gasteiger partial charge in [0.1, 0.15) is 0 Å². The van der Waals surface area contributed by atoms with E-state index in [2.05, 4.69) is 0 Å². The normalized spacial score (nSPS) is 26.6. The van der Waals surface area contributed by atoms with Crippen LogP contribution in [0.4, 0.5) is 0 Å². The second kappa shape index (κ2) is 6.46. The second-order valence-corrected chi connectivity index (χ2v) is 4.83. The molecule has 0 aliphatic heterocycles.